The van der Waals surface area contributed by atoms with Crippen molar-refractivity contribution < 1.29 is 9.90 Å². The number of phenols is 1. The maximum Gasteiger partial charge on any atom is 0.246 e. The molecule has 1 amide bonds. The first-order chi connectivity index (χ1) is 15.0. The van der Waals surface area contributed by atoms with Crippen molar-refractivity contribution in [2.24, 2.45) is 0 Å². The SMILES string of the molecule is C=CC(=O)N1CC(N2CCc3c(ccnc3CNc3cc(C4CC4)c(Cl)cc3O)C2)C1. The van der Waals surface area contributed by atoms with Crippen molar-refractivity contribution in [3.63, 3.8) is 0 Å². The van der Waals surface area contributed by atoms with Crippen molar-refractivity contribution in [3.8, 4) is 5.75 Å². The highest BCUT2D eigenvalue weighted by atomic mass is 35.5. The number of halogens is 1. The van der Waals surface area contributed by atoms with Crippen LogP contribution in [0.15, 0.2) is 37.1 Å². The van der Waals surface area contributed by atoms with E-state index in [0.717, 1.165) is 56.7 Å². The second-order valence-corrected chi connectivity index (χ2v) is 9.14. The van der Waals surface area contributed by atoms with Crippen molar-refractivity contribution in [3.05, 3.63) is 64.5 Å². The van der Waals surface area contributed by atoms with Gasteiger partial charge in [0.05, 0.1) is 17.9 Å². The van der Waals surface area contributed by atoms with E-state index in [1.165, 1.54) is 17.2 Å². The van der Waals surface area contributed by atoms with E-state index in [1.54, 1.807) is 6.07 Å². The molecule has 31 heavy (non-hydrogen) atoms. The second kappa shape index (κ2) is 8.17. The average Bonchev–Trinajstić information content (AvgIpc) is 3.57. The summed E-state index contributed by atoms with van der Waals surface area (Å²) in [6, 6.07) is 6.14. The fourth-order valence-electron chi connectivity index (χ4n) is 4.65. The lowest BCUT2D eigenvalue weighted by atomic mass is 9.95. The number of pyridine rings is 1. The monoisotopic (exact) mass is 438 g/mol. The number of hydrogen-bond acceptors (Lipinski definition) is 5. The summed E-state index contributed by atoms with van der Waals surface area (Å²) < 4.78 is 0. The molecule has 0 spiro atoms. The van der Waals surface area contributed by atoms with E-state index in [9.17, 15) is 9.90 Å². The molecule has 0 unspecified atom stereocenters. The molecule has 3 aliphatic rings. The van der Waals surface area contributed by atoms with Gasteiger partial charge in [-0.1, -0.05) is 18.2 Å². The number of anilines is 1. The Morgan fingerprint density at radius 1 is 1.35 bits per heavy atom. The Morgan fingerprint density at radius 2 is 2.16 bits per heavy atom. The van der Waals surface area contributed by atoms with Crippen LogP contribution in [0.25, 0.3) is 0 Å². The number of fused-ring (bicyclic) bond motifs is 1. The third-order valence-electron chi connectivity index (χ3n) is 6.71. The number of aromatic hydroxyl groups is 1. The second-order valence-electron chi connectivity index (χ2n) is 8.74. The van der Waals surface area contributed by atoms with Gasteiger partial charge in [0, 0.05) is 49.5 Å². The van der Waals surface area contributed by atoms with Gasteiger partial charge in [-0.3, -0.25) is 14.7 Å². The molecule has 2 aliphatic heterocycles. The molecule has 0 radical (unpaired) electrons. The molecule has 5 rings (SSSR count). The molecule has 162 valence electrons. The van der Waals surface area contributed by atoms with Gasteiger partial charge in [0.1, 0.15) is 5.75 Å². The van der Waals surface area contributed by atoms with Crippen molar-refractivity contribution in [1.82, 2.24) is 14.8 Å². The quantitative estimate of drug-likeness (QED) is 0.532. The highest BCUT2D eigenvalue weighted by Gasteiger charge is 2.35. The van der Waals surface area contributed by atoms with E-state index < -0.39 is 0 Å². The van der Waals surface area contributed by atoms with E-state index in [2.05, 4.69) is 27.8 Å². The standard InChI is InChI=1S/C24H27ClN4O2/c1-2-24(31)29-13-17(14-29)28-8-6-18-16(12-28)5-7-26-22(18)11-27-21-9-19(15-3-4-15)20(25)10-23(21)30/h2,5,7,9-10,15,17,27,30H,1,3-4,6,8,11-14H2. The third kappa shape index (κ3) is 4.02. The van der Waals surface area contributed by atoms with Gasteiger partial charge in [-0.25, -0.2) is 0 Å². The number of aromatic nitrogens is 1. The third-order valence-corrected chi connectivity index (χ3v) is 7.04. The first-order valence-corrected chi connectivity index (χ1v) is 11.3. The normalized spacial score (nSPS) is 18.9. The van der Waals surface area contributed by atoms with Crippen molar-refractivity contribution in [2.75, 3.05) is 25.0 Å². The molecule has 1 aromatic carbocycles. The highest BCUT2D eigenvalue weighted by molar-refractivity contribution is 6.31. The Bertz CT molecular complexity index is 1030. The molecule has 1 aliphatic carbocycles. The smallest absolute Gasteiger partial charge is 0.246 e. The fraction of sp³-hybridized carbons (Fsp3) is 0.417. The van der Waals surface area contributed by atoms with Crippen LogP contribution < -0.4 is 5.32 Å². The molecular formula is C24H27ClN4O2. The van der Waals surface area contributed by atoms with Crippen LogP contribution in [0.4, 0.5) is 5.69 Å². The zero-order valence-corrected chi connectivity index (χ0v) is 18.2. The molecule has 1 saturated carbocycles. The lowest BCUT2D eigenvalue weighted by Crippen LogP contribution is -2.61. The Kier molecular flexibility index (Phi) is 5.36. The van der Waals surface area contributed by atoms with Crippen LogP contribution in [-0.2, 0) is 24.3 Å². The summed E-state index contributed by atoms with van der Waals surface area (Å²) in [7, 11) is 0. The molecule has 1 aromatic heterocycles. The Hall–Kier alpha value is -2.57. The lowest BCUT2D eigenvalue weighted by Gasteiger charge is -2.46. The van der Waals surface area contributed by atoms with Crippen LogP contribution in [0, 0.1) is 0 Å². The number of carbonyl (C=O) groups is 1. The van der Waals surface area contributed by atoms with Crippen LogP contribution >= 0.6 is 11.6 Å². The Labute approximate surface area is 187 Å². The summed E-state index contributed by atoms with van der Waals surface area (Å²) in [6.07, 6.45) is 6.51. The van der Waals surface area contributed by atoms with Crippen molar-refractivity contribution >= 4 is 23.2 Å². The molecule has 3 heterocycles. The van der Waals surface area contributed by atoms with Gasteiger partial charge in [-0.05, 0) is 60.1 Å². The molecule has 7 heteroatoms. The molecule has 2 fully saturated rings. The van der Waals surface area contributed by atoms with Gasteiger partial charge in [0.15, 0.2) is 0 Å². The van der Waals surface area contributed by atoms with E-state index in [1.807, 2.05) is 17.2 Å². The fourth-order valence-corrected chi connectivity index (χ4v) is 4.97. The van der Waals surface area contributed by atoms with Gasteiger partial charge in [0.2, 0.25) is 5.91 Å². The topological polar surface area (TPSA) is 68.7 Å². The minimum Gasteiger partial charge on any atom is -0.506 e. The van der Waals surface area contributed by atoms with Crippen LogP contribution in [0.2, 0.25) is 5.02 Å². The summed E-state index contributed by atoms with van der Waals surface area (Å²) in [5, 5.41) is 14.4. The number of nitrogens with one attached hydrogen (secondary N) is 1. The number of amides is 1. The number of hydrogen-bond donors (Lipinski definition) is 2. The van der Waals surface area contributed by atoms with E-state index in [0.29, 0.717) is 29.2 Å². The van der Waals surface area contributed by atoms with E-state index in [-0.39, 0.29) is 11.7 Å². The molecule has 0 bridgehead atoms. The van der Waals surface area contributed by atoms with Crippen molar-refractivity contribution in [2.45, 2.75) is 44.3 Å². The Balaban J connectivity index is 1.26. The van der Waals surface area contributed by atoms with Gasteiger partial charge >= 0.3 is 0 Å². The number of rotatable bonds is 6. The minimum atomic E-state index is 0.0153. The maximum absolute atomic E-state index is 11.7. The van der Waals surface area contributed by atoms with Crippen LogP contribution in [0.3, 0.4) is 0 Å². The number of phenolic OH excluding ortho intramolecular Hbond substituents is 1. The molecule has 0 atom stereocenters. The van der Waals surface area contributed by atoms with Crippen molar-refractivity contribution in [1.29, 1.82) is 0 Å². The van der Waals surface area contributed by atoms with E-state index in [4.69, 9.17) is 11.6 Å². The molecular weight excluding hydrogens is 412 g/mol. The maximum atomic E-state index is 11.7. The summed E-state index contributed by atoms with van der Waals surface area (Å²) >= 11 is 6.31. The largest absolute Gasteiger partial charge is 0.506 e. The number of nitrogens with zero attached hydrogens (tertiary/aromatic N) is 3. The van der Waals surface area contributed by atoms with Gasteiger partial charge < -0.3 is 15.3 Å². The molecule has 2 N–H and O–H groups in total. The van der Waals surface area contributed by atoms with Gasteiger partial charge in [-0.15, -0.1) is 0 Å². The molecule has 2 aromatic rings. The summed E-state index contributed by atoms with van der Waals surface area (Å²) in [5.74, 6) is 0.710. The van der Waals surface area contributed by atoms with Crippen LogP contribution in [0.1, 0.15) is 41.1 Å². The first kappa shape index (κ1) is 20.3. The summed E-state index contributed by atoms with van der Waals surface area (Å²) in [5.41, 5.74) is 5.44. The summed E-state index contributed by atoms with van der Waals surface area (Å²) in [4.78, 5) is 20.6. The first-order valence-electron chi connectivity index (χ1n) is 10.9. The van der Waals surface area contributed by atoms with Gasteiger partial charge in [-0.2, -0.15) is 0 Å². The zero-order valence-electron chi connectivity index (χ0n) is 17.5. The highest BCUT2D eigenvalue weighted by Crippen LogP contribution is 2.46. The predicted octanol–water partition coefficient (Wildman–Crippen LogP) is 3.69. The van der Waals surface area contributed by atoms with Crippen LogP contribution in [0.5, 0.6) is 5.75 Å². The number of likely N-dealkylation sites (tertiary alicyclic amines) is 1. The molecule has 1 saturated heterocycles. The molecule has 6 nitrogen and oxygen atoms in total. The zero-order chi connectivity index (χ0) is 21.5. The summed E-state index contributed by atoms with van der Waals surface area (Å²) in [6.45, 7) is 7.52. The number of carbonyl (C=O) groups excluding carboxylic acids is 1. The average molecular weight is 439 g/mol. The van der Waals surface area contributed by atoms with Gasteiger partial charge in [0.25, 0.3) is 0 Å². The lowest BCUT2D eigenvalue weighted by molar-refractivity contribution is -0.133. The minimum absolute atomic E-state index is 0.0153. The predicted molar refractivity (Wildman–Crippen MR) is 121 cm³/mol. The number of benzene rings is 1. The Morgan fingerprint density at radius 3 is 2.90 bits per heavy atom. The van der Waals surface area contributed by atoms with E-state index >= 15 is 0 Å². The van der Waals surface area contributed by atoms with Crippen LogP contribution in [-0.4, -0.2) is 51.5 Å².